The molecule has 0 spiro atoms. The molecule has 1 unspecified atom stereocenters. The van der Waals surface area contributed by atoms with Gasteiger partial charge in [0.1, 0.15) is 0 Å². The molecule has 1 atom stereocenters. The molecular weight excluding hydrogens is 230 g/mol. The van der Waals surface area contributed by atoms with Gasteiger partial charge in [0, 0.05) is 12.3 Å². The smallest absolute Gasteiger partial charge is 0.339 e. The summed E-state index contributed by atoms with van der Waals surface area (Å²) in [5.74, 6) is 0.766. The maximum absolute atomic E-state index is 11.4. The third-order valence-corrected chi connectivity index (χ3v) is 2.37. The van der Waals surface area contributed by atoms with Crippen LogP contribution in [-0.4, -0.2) is 23.7 Å². The van der Waals surface area contributed by atoms with E-state index < -0.39 is 0 Å². The van der Waals surface area contributed by atoms with E-state index in [1.54, 1.807) is 19.1 Å². The number of carbonyl (C=O) groups excluding carboxylic acids is 1. The van der Waals surface area contributed by atoms with Crippen LogP contribution in [0.3, 0.4) is 0 Å². The first kappa shape index (κ1) is 14.5. The molecule has 4 heteroatoms. The summed E-state index contributed by atoms with van der Waals surface area (Å²) in [4.78, 5) is 15.5. The highest BCUT2D eigenvalue weighted by atomic mass is 16.5. The topological polar surface area (TPSA) is 48.4 Å². The van der Waals surface area contributed by atoms with Gasteiger partial charge in [-0.05, 0) is 32.3 Å². The van der Waals surface area contributed by atoms with E-state index >= 15 is 0 Å². The molecule has 1 rings (SSSR count). The Labute approximate surface area is 108 Å². The van der Waals surface area contributed by atoms with E-state index in [9.17, 15) is 4.79 Å². The Bertz CT molecular complexity index is 373. The van der Waals surface area contributed by atoms with Crippen LogP contribution in [0.4, 0.5) is 0 Å². The second-order valence-electron chi connectivity index (χ2n) is 4.66. The van der Waals surface area contributed by atoms with Crippen molar-refractivity contribution in [1.82, 2.24) is 4.98 Å². The minimum atomic E-state index is -0.355. The number of pyridine rings is 1. The van der Waals surface area contributed by atoms with Gasteiger partial charge in [0.25, 0.3) is 0 Å². The second-order valence-corrected chi connectivity index (χ2v) is 4.66. The van der Waals surface area contributed by atoms with Crippen LogP contribution in [0.2, 0.25) is 0 Å². The molecule has 0 saturated heterocycles. The lowest BCUT2D eigenvalue weighted by molar-refractivity contribution is 0.0525. The Kier molecular flexibility index (Phi) is 5.62. The zero-order valence-electron chi connectivity index (χ0n) is 11.5. The molecule has 0 fully saturated rings. The SMILES string of the molecule is CCOC(=O)c1ccc(OC(C)CC(C)C)nc1. The molecule has 0 radical (unpaired) electrons. The Morgan fingerprint density at radius 2 is 2.06 bits per heavy atom. The number of ether oxygens (including phenoxy) is 2. The van der Waals surface area contributed by atoms with Gasteiger partial charge in [0.2, 0.25) is 5.88 Å². The van der Waals surface area contributed by atoms with E-state index in [2.05, 4.69) is 18.8 Å². The maximum Gasteiger partial charge on any atom is 0.339 e. The van der Waals surface area contributed by atoms with Crippen molar-refractivity contribution < 1.29 is 14.3 Å². The van der Waals surface area contributed by atoms with Crippen molar-refractivity contribution in [3.63, 3.8) is 0 Å². The van der Waals surface area contributed by atoms with Crippen molar-refractivity contribution in [3.8, 4) is 5.88 Å². The van der Waals surface area contributed by atoms with Gasteiger partial charge in [0.15, 0.2) is 0 Å². The molecule has 0 aliphatic heterocycles. The number of carbonyl (C=O) groups is 1. The zero-order chi connectivity index (χ0) is 13.5. The standard InChI is InChI=1S/C14H21NO3/c1-5-17-14(16)12-6-7-13(15-9-12)18-11(4)8-10(2)3/h6-7,9-11H,5,8H2,1-4H3. The molecule has 1 heterocycles. The number of aromatic nitrogens is 1. The predicted molar refractivity (Wildman–Crippen MR) is 69.7 cm³/mol. The fourth-order valence-electron chi connectivity index (χ4n) is 1.70. The van der Waals surface area contributed by atoms with Gasteiger partial charge >= 0.3 is 5.97 Å². The van der Waals surface area contributed by atoms with Gasteiger partial charge in [-0.2, -0.15) is 0 Å². The fraction of sp³-hybridized carbons (Fsp3) is 0.571. The van der Waals surface area contributed by atoms with Crippen molar-refractivity contribution in [2.24, 2.45) is 5.92 Å². The van der Waals surface area contributed by atoms with Crippen LogP contribution in [0, 0.1) is 5.92 Å². The number of esters is 1. The summed E-state index contributed by atoms with van der Waals surface area (Å²) in [6.07, 6.45) is 2.57. The molecule has 100 valence electrons. The van der Waals surface area contributed by atoms with Gasteiger partial charge in [0.05, 0.1) is 18.3 Å². The lowest BCUT2D eigenvalue weighted by Crippen LogP contribution is -2.15. The largest absolute Gasteiger partial charge is 0.475 e. The number of hydrogen-bond acceptors (Lipinski definition) is 4. The molecule has 0 aliphatic carbocycles. The molecule has 0 saturated carbocycles. The quantitative estimate of drug-likeness (QED) is 0.729. The van der Waals surface area contributed by atoms with E-state index in [1.165, 1.54) is 6.20 Å². The van der Waals surface area contributed by atoms with E-state index in [-0.39, 0.29) is 12.1 Å². The van der Waals surface area contributed by atoms with Crippen LogP contribution >= 0.6 is 0 Å². The monoisotopic (exact) mass is 251 g/mol. The number of rotatable bonds is 6. The highest BCUT2D eigenvalue weighted by Gasteiger charge is 2.10. The minimum absolute atomic E-state index is 0.117. The summed E-state index contributed by atoms with van der Waals surface area (Å²) >= 11 is 0. The van der Waals surface area contributed by atoms with Crippen LogP contribution in [-0.2, 0) is 4.74 Å². The Balaban J connectivity index is 2.57. The van der Waals surface area contributed by atoms with Gasteiger partial charge in [-0.1, -0.05) is 13.8 Å². The third kappa shape index (κ3) is 4.73. The predicted octanol–water partition coefficient (Wildman–Crippen LogP) is 3.07. The molecule has 0 amide bonds. The van der Waals surface area contributed by atoms with Gasteiger partial charge in [-0.25, -0.2) is 9.78 Å². The summed E-state index contributed by atoms with van der Waals surface area (Å²) in [6, 6.07) is 3.37. The molecular formula is C14H21NO3. The Morgan fingerprint density at radius 1 is 1.33 bits per heavy atom. The molecule has 1 aromatic heterocycles. The van der Waals surface area contributed by atoms with Gasteiger partial charge in [-0.15, -0.1) is 0 Å². The normalized spacial score (nSPS) is 12.3. The lowest BCUT2D eigenvalue weighted by atomic mass is 10.1. The van der Waals surface area contributed by atoms with Crippen LogP contribution in [0.5, 0.6) is 5.88 Å². The van der Waals surface area contributed by atoms with Gasteiger partial charge < -0.3 is 9.47 Å². The summed E-state index contributed by atoms with van der Waals surface area (Å²) in [5, 5.41) is 0. The van der Waals surface area contributed by atoms with E-state index in [0.717, 1.165) is 6.42 Å². The van der Waals surface area contributed by atoms with E-state index in [1.807, 2.05) is 6.92 Å². The van der Waals surface area contributed by atoms with Crippen molar-refractivity contribution in [3.05, 3.63) is 23.9 Å². The first-order valence-corrected chi connectivity index (χ1v) is 6.32. The van der Waals surface area contributed by atoms with Crippen LogP contribution in [0.25, 0.3) is 0 Å². The molecule has 1 aromatic rings. The van der Waals surface area contributed by atoms with Crippen molar-refractivity contribution in [2.75, 3.05) is 6.61 Å². The molecule has 4 nitrogen and oxygen atoms in total. The molecule has 0 aliphatic rings. The lowest BCUT2D eigenvalue weighted by Gasteiger charge is -2.15. The summed E-state index contributed by atoms with van der Waals surface area (Å²) < 4.78 is 10.5. The van der Waals surface area contributed by atoms with E-state index in [0.29, 0.717) is 24.0 Å². The first-order chi connectivity index (χ1) is 8.52. The van der Waals surface area contributed by atoms with Crippen LogP contribution in [0.1, 0.15) is 44.5 Å². The Morgan fingerprint density at radius 3 is 2.56 bits per heavy atom. The van der Waals surface area contributed by atoms with Crippen molar-refractivity contribution in [1.29, 1.82) is 0 Å². The van der Waals surface area contributed by atoms with E-state index in [4.69, 9.17) is 9.47 Å². The zero-order valence-corrected chi connectivity index (χ0v) is 11.5. The Hall–Kier alpha value is -1.58. The molecule has 0 bridgehead atoms. The average Bonchev–Trinajstić information content (AvgIpc) is 2.29. The average molecular weight is 251 g/mol. The van der Waals surface area contributed by atoms with Crippen LogP contribution < -0.4 is 4.74 Å². The molecule has 0 aromatic carbocycles. The number of hydrogen-bond donors (Lipinski definition) is 0. The summed E-state index contributed by atoms with van der Waals surface area (Å²) in [6.45, 7) is 8.45. The van der Waals surface area contributed by atoms with Crippen molar-refractivity contribution in [2.45, 2.75) is 40.2 Å². The van der Waals surface area contributed by atoms with Gasteiger partial charge in [-0.3, -0.25) is 0 Å². The molecule has 18 heavy (non-hydrogen) atoms. The molecule has 0 N–H and O–H groups in total. The summed E-state index contributed by atoms with van der Waals surface area (Å²) in [7, 11) is 0. The third-order valence-electron chi connectivity index (χ3n) is 2.37. The minimum Gasteiger partial charge on any atom is -0.475 e. The van der Waals surface area contributed by atoms with Crippen LogP contribution in [0.15, 0.2) is 18.3 Å². The summed E-state index contributed by atoms with van der Waals surface area (Å²) in [5.41, 5.74) is 0.445. The number of nitrogens with zero attached hydrogens (tertiary/aromatic N) is 1. The second kappa shape index (κ2) is 6.99. The highest BCUT2D eigenvalue weighted by molar-refractivity contribution is 5.89. The fourth-order valence-corrected chi connectivity index (χ4v) is 1.70. The highest BCUT2D eigenvalue weighted by Crippen LogP contribution is 2.14. The first-order valence-electron chi connectivity index (χ1n) is 6.32. The maximum atomic E-state index is 11.4. The van der Waals surface area contributed by atoms with Crippen molar-refractivity contribution >= 4 is 5.97 Å².